The van der Waals surface area contributed by atoms with E-state index in [0.29, 0.717) is 24.4 Å². The number of hydrogen-bond acceptors (Lipinski definition) is 6. The van der Waals surface area contributed by atoms with Crippen molar-refractivity contribution in [3.05, 3.63) is 47.5 Å². The third-order valence-corrected chi connectivity index (χ3v) is 4.92. The lowest BCUT2D eigenvalue weighted by Crippen LogP contribution is -2.21. The number of carbonyl (C=O) groups is 1. The van der Waals surface area contributed by atoms with E-state index in [1.165, 1.54) is 18.4 Å². The number of carbonyl (C=O) groups excluding carboxylic acids is 1. The number of aromatic nitrogens is 1. The predicted octanol–water partition coefficient (Wildman–Crippen LogP) is 3.81. The molecular formula is C19H20F2N4O2S. The van der Waals surface area contributed by atoms with Crippen LogP contribution in [0.2, 0.25) is 0 Å². The Labute approximate surface area is 165 Å². The summed E-state index contributed by atoms with van der Waals surface area (Å²) in [6.07, 6.45) is 0. The van der Waals surface area contributed by atoms with Crippen LogP contribution in [0.3, 0.4) is 0 Å². The normalized spacial score (nSPS) is 11.1. The molecule has 3 rings (SSSR count). The van der Waals surface area contributed by atoms with Gasteiger partial charge in [-0.1, -0.05) is 17.4 Å². The van der Waals surface area contributed by atoms with Crippen molar-refractivity contribution in [2.45, 2.75) is 0 Å². The highest BCUT2D eigenvalue weighted by molar-refractivity contribution is 7.22. The summed E-state index contributed by atoms with van der Waals surface area (Å²) in [7, 11) is 5.31. The molecule has 1 amide bonds. The second-order valence-electron chi connectivity index (χ2n) is 6.33. The van der Waals surface area contributed by atoms with E-state index < -0.39 is 23.1 Å². The highest BCUT2D eigenvalue weighted by Crippen LogP contribution is 2.32. The Morgan fingerprint density at radius 1 is 1.25 bits per heavy atom. The van der Waals surface area contributed by atoms with Gasteiger partial charge in [0.2, 0.25) is 0 Å². The number of thiazole rings is 1. The van der Waals surface area contributed by atoms with Crippen molar-refractivity contribution in [3.8, 4) is 5.75 Å². The van der Waals surface area contributed by atoms with Crippen molar-refractivity contribution in [1.29, 1.82) is 0 Å². The van der Waals surface area contributed by atoms with E-state index in [9.17, 15) is 13.6 Å². The molecule has 0 saturated carbocycles. The molecule has 2 aromatic carbocycles. The topological polar surface area (TPSA) is 66.5 Å². The number of likely N-dealkylation sites (N-methyl/N-ethyl adjacent to an activating group) is 1. The Kier molecular flexibility index (Phi) is 6.05. The fourth-order valence-corrected chi connectivity index (χ4v) is 3.50. The molecule has 2 N–H and O–H groups in total. The average Bonchev–Trinajstić information content (AvgIpc) is 3.03. The zero-order valence-electron chi connectivity index (χ0n) is 15.7. The van der Waals surface area contributed by atoms with Gasteiger partial charge >= 0.3 is 0 Å². The van der Waals surface area contributed by atoms with E-state index in [2.05, 4.69) is 15.6 Å². The number of benzene rings is 2. The van der Waals surface area contributed by atoms with E-state index >= 15 is 0 Å². The molecule has 6 nitrogen and oxygen atoms in total. The zero-order chi connectivity index (χ0) is 20.3. The number of amides is 1. The van der Waals surface area contributed by atoms with Gasteiger partial charge in [-0.15, -0.1) is 0 Å². The van der Waals surface area contributed by atoms with Gasteiger partial charge in [-0.05, 0) is 38.4 Å². The SMILES string of the molecule is COc1cccc2sc(NC(=O)c3c(F)cc(NCCN(C)C)cc3F)nc12. The minimum absolute atomic E-state index is 0.233. The van der Waals surface area contributed by atoms with Crippen LogP contribution in [-0.4, -0.2) is 50.1 Å². The van der Waals surface area contributed by atoms with Crippen LogP contribution in [-0.2, 0) is 0 Å². The Morgan fingerprint density at radius 3 is 2.61 bits per heavy atom. The van der Waals surface area contributed by atoms with E-state index in [0.717, 1.165) is 16.8 Å². The highest BCUT2D eigenvalue weighted by Gasteiger charge is 2.20. The van der Waals surface area contributed by atoms with Gasteiger partial charge in [0.15, 0.2) is 5.13 Å². The van der Waals surface area contributed by atoms with E-state index in [4.69, 9.17) is 4.74 Å². The van der Waals surface area contributed by atoms with Gasteiger partial charge in [0.1, 0.15) is 28.5 Å². The quantitative estimate of drug-likeness (QED) is 0.625. The number of nitrogens with one attached hydrogen (secondary N) is 2. The van der Waals surface area contributed by atoms with Gasteiger partial charge in [-0.25, -0.2) is 13.8 Å². The maximum absolute atomic E-state index is 14.4. The summed E-state index contributed by atoms with van der Waals surface area (Å²) in [5.74, 6) is -2.22. The molecule has 0 radical (unpaired) electrons. The Balaban J connectivity index is 1.79. The first kappa shape index (κ1) is 20.0. The number of anilines is 2. The summed E-state index contributed by atoms with van der Waals surface area (Å²) in [6.45, 7) is 1.22. The molecule has 0 unspecified atom stereocenters. The van der Waals surface area contributed by atoms with Crippen LogP contribution in [0.1, 0.15) is 10.4 Å². The fourth-order valence-electron chi connectivity index (χ4n) is 2.62. The maximum atomic E-state index is 14.4. The van der Waals surface area contributed by atoms with Crippen LogP contribution in [0, 0.1) is 11.6 Å². The number of halogens is 2. The largest absolute Gasteiger partial charge is 0.494 e. The molecule has 1 heterocycles. The predicted molar refractivity (Wildman–Crippen MR) is 108 cm³/mol. The molecule has 0 bridgehead atoms. The van der Waals surface area contributed by atoms with Crippen LogP contribution in [0.15, 0.2) is 30.3 Å². The molecule has 0 fully saturated rings. The smallest absolute Gasteiger partial charge is 0.263 e. The van der Waals surface area contributed by atoms with Crippen molar-refractivity contribution in [2.75, 3.05) is 44.9 Å². The van der Waals surface area contributed by atoms with Crippen molar-refractivity contribution >= 4 is 38.3 Å². The first-order valence-electron chi connectivity index (χ1n) is 8.51. The molecule has 0 aliphatic rings. The number of fused-ring (bicyclic) bond motifs is 1. The van der Waals surface area contributed by atoms with E-state index in [1.54, 1.807) is 12.1 Å². The van der Waals surface area contributed by atoms with Gasteiger partial charge in [0, 0.05) is 18.8 Å². The molecule has 0 spiro atoms. The van der Waals surface area contributed by atoms with Gasteiger partial charge in [-0.2, -0.15) is 0 Å². The average molecular weight is 406 g/mol. The van der Waals surface area contributed by atoms with Crippen LogP contribution in [0.5, 0.6) is 5.75 Å². The van der Waals surface area contributed by atoms with Gasteiger partial charge in [0.25, 0.3) is 5.91 Å². The number of rotatable bonds is 7. The first-order valence-corrected chi connectivity index (χ1v) is 9.33. The van der Waals surface area contributed by atoms with Gasteiger partial charge in [0.05, 0.1) is 11.8 Å². The van der Waals surface area contributed by atoms with Crippen LogP contribution in [0.4, 0.5) is 19.6 Å². The van der Waals surface area contributed by atoms with Crippen molar-refractivity contribution in [1.82, 2.24) is 9.88 Å². The maximum Gasteiger partial charge on any atom is 0.263 e. The number of hydrogen-bond donors (Lipinski definition) is 2. The molecule has 3 aromatic rings. The van der Waals surface area contributed by atoms with Crippen LogP contribution in [0.25, 0.3) is 10.2 Å². The van der Waals surface area contributed by atoms with Crippen molar-refractivity contribution in [3.63, 3.8) is 0 Å². The molecule has 0 saturated heterocycles. The molecular weight excluding hydrogens is 386 g/mol. The van der Waals surface area contributed by atoms with Crippen molar-refractivity contribution < 1.29 is 18.3 Å². The summed E-state index contributed by atoms with van der Waals surface area (Å²) >= 11 is 1.19. The molecule has 28 heavy (non-hydrogen) atoms. The minimum Gasteiger partial charge on any atom is -0.494 e. The molecule has 1 aromatic heterocycles. The summed E-state index contributed by atoms with van der Waals surface area (Å²) in [6, 6.07) is 7.58. The number of nitrogens with zero attached hydrogens (tertiary/aromatic N) is 2. The summed E-state index contributed by atoms with van der Waals surface area (Å²) in [5, 5.41) is 5.62. The Morgan fingerprint density at radius 2 is 1.96 bits per heavy atom. The standard InChI is InChI=1S/C19H20F2N4O2S/c1-25(2)8-7-22-11-9-12(20)16(13(21)10-11)18(26)24-19-23-17-14(27-3)5-4-6-15(17)28-19/h4-6,9-10,22H,7-8H2,1-3H3,(H,23,24,26). The lowest BCUT2D eigenvalue weighted by molar-refractivity contribution is 0.101. The fraction of sp³-hybridized carbons (Fsp3) is 0.263. The first-order chi connectivity index (χ1) is 13.4. The lowest BCUT2D eigenvalue weighted by Gasteiger charge is -2.12. The molecule has 9 heteroatoms. The Hall–Kier alpha value is -2.78. The second-order valence-corrected chi connectivity index (χ2v) is 7.36. The summed E-state index contributed by atoms with van der Waals surface area (Å²) in [4.78, 5) is 18.6. The monoisotopic (exact) mass is 406 g/mol. The third-order valence-electron chi connectivity index (χ3n) is 3.98. The molecule has 0 atom stereocenters. The highest BCUT2D eigenvalue weighted by atomic mass is 32.1. The van der Waals surface area contributed by atoms with Crippen LogP contribution < -0.4 is 15.4 Å². The zero-order valence-corrected chi connectivity index (χ0v) is 16.5. The number of para-hydroxylation sites is 1. The summed E-state index contributed by atoms with van der Waals surface area (Å²) < 4.78 is 34.8. The van der Waals surface area contributed by atoms with Gasteiger partial charge < -0.3 is 15.0 Å². The molecule has 0 aliphatic carbocycles. The number of ether oxygens (including phenoxy) is 1. The molecule has 148 valence electrons. The van der Waals surface area contributed by atoms with E-state index in [-0.39, 0.29) is 10.8 Å². The van der Waals surface area contributed by atoms with Crippen LogP contribution >= 0.6 is 11.3 Å². The second kappa shape index (κ2) is 8.49. The lowest BCUT2D eigenvalue weighted by atomic mass is 10.1. The Bertz CT molecular complexity index is 984. The van der Waals surface area contributed by atoms with Gasteiger partial charge in [-0.3, -0.25) is 10.1 Å². The summed E-state index contributed by atoms with van der Waals surface area (Å²) in [5.41, 5.74) is 0.203. The number of methoxy groups -OCH3 is 1. The molecule has 0 aliphatic heterocycles. The third kappa shape index (κ3) is 4.37. The van der Waals surface area contributed by atoms with Crippen molar-refractivity contribution in [2.24, 2.45) is 0 Å². The minimum atomic E-state index is -0.941. The van der Waals surface area contributed by atoms with E-state index in [1.807, 2.05) is 25.1 Å².